The summed E-state index contributed by atoms with van der Waals surface area (Å²) in [5.74, 6) is 2.69. The molecule has 0 aromatic carbocycles. The van der Waals surface area contributed by atoms with Crippen LogP contribution in [0.3, 0.4) is 0 Å². The number of hydrogen-bond acceptors (Lipinski definition) is 1. The normalized spacial score (nSPS) is 40.8. The highest BCUT2D eigenvalue weighted by molar-refractivity contribution is 5.08. The molecule has 140 valence electrons. The minimum Gasteiger partial charge on any atom is -0.393 e. The van der Waals surface area contributed by atoms with Gasteiger partial charge in [-0.3, -0.25) is 0 Å². The van der Waals surface area contributed by atoms with E-state index in [4.69, 9.17) is 0 Å². The molecule has 2 aliphatic carbocycles. The molecule has 1 saturated carbocycles. The van der Waals surface area contributed by atoms with E-state index in [9.17, 15) is 5.11 Å². The summed E-state index contributed by atoms with van der Waals surface area (Å²) in [5.41, 5.74) is 0.861. The third-order valence-corrected chi connectivity index (χ3v) is 7.66. The molecule has 0 heterocycles. The fraction of sp³-hybridized carbons (Fsp3) is 0.913. The number of aliphatic hydroxyl groups excluding tert-OH is 1. The summed E-state index contributed by atoms with van der Waals surface area (Å²) in [6.45, 7) is 11.9. The highest BCUT2D eigenvalue weighted by Crippen LogP contribution is 2.58. The fourth-order valence-corrected chi connectivity index (χ4v) is 6.19. The highest BCUT2D eigenvalue weighted by Gasteiger charge is 2.48. The first kappa shape index (κ1) is 20.0. The maximum absolute atomic E-state index is 9.98. The van der Waals surface area contributed by atoms with Gasteiger partial charge >= 0.3 is 0 Å². The summed E-state index contributed by atoms with van der Waals surface area (Å²) in [6, 6.07) is 0. The van der Waals surface area contributed by atoms with Crippen molar-refractivity contribution in [2.24, 2.45) is 28.6 Å². The van der Waals surface area contributed by atoms with Crippen LogP contribution in [-0.2, 0) is 0 Å². The van der Waals surface area contributed by atoms with Crippen LogP contribution in [0.4, 0.5) is 0 Å². The Morgan fingerprint density at radius 1 is 1.12 bits per heavy atom. The Labute approximate surface area is 151 Å². The lowest BCUT2D eigenvalue weighted by molar-refractivity contribution is 0.0648. The molecule has 6 atom stereocenters. The van der Waals surface area contributed by atoms with Crippen molar-refractivity contribution in [3.63, 3.8) is 0 Å². The van der Waals surface area contributed by atoms with Crippen LogP contribution in [0.1, 0.15) is 98.8 Å². The molecule has 1 N–H and O–H groups in total. The van der Waals surface area contributed by atoms with Crippen molar-refractivity contribution in [2.75, 3.05) is 0 Å². The molecule has 0 aromatic rings. The third-order valence-electron chi connectivity index (χ3n) is 7.66. The Hall–Kier alpha value is -0.300. The van der Waals surface area contributed by atoms with Crippen LogP contribution >= 0.6 is 0 Å². The third kappa shape index (κ3) is 4.26. The Morgan fingerprint density at radius 2 is 1.88 bits per heavy atom. The van der Waals surface area contributed by atoms with Gasteiger partial charge in [-0.05, 0) is 80.0 Å². The number of allylic oxidation sites excluding steroid dienone is 2. The standard InChI is InChI=1S/C23H42O/c1-6-14-23(5)19(7-2)11-12-21(23)18-10-9-15-22(4,17-18)16-13-20(24)8-3/h9,15,18-21,24H,6-8,10-14,16-17H2,1-5H3. The van der Waals surface area contributed by atoms with E-state index in [1.807, 2.05) is 0 Å². The van der Waals surface area contributed by atoms with Crippen LogP contribution in [0, 0.1) is 28.6 Å². The van der Waals surface area contributed by atoms with Gasteiger partial charge in [-0.2, -0.15) is 0 Å². The molecular weight excluding hydrogens is 292 g/mol. The van der Waals surface area contributed by atoms with Crippen LogP contribution in [0.25, 0.3) is 0 Å². The Kier molecular flexibility index (Phi) is 7.00. The van der Waals surface area contributed by atoms with Gasteiger partial charge in [0.25, 0.3) is 0 Å². The van der Waals surface area contributed by atoms with Crippen LogP contribution in [-0.4, -0.2) is 11.2 Å². The van der Waals surface area contributed by atoms with Gasteiger partial charge in [0.2, 0.25) is 0 Å². The second kappa shape index (κ2) is 8.39. The molecular formula is C23H42O. The molecule has 0 amide bonds. The second-order valence-electron chi connectivity index (χ2n) is 9.40. The summed E-state index contributed by atoms with van der Waals surface area (Å²) in [4.78, 5) is 0. The van der Waals surface area contributed by atoms with Crippen molar-refractivity contribution in [1.29, 1.82) is 0 Å². The smallest absolute Gasteiger partial charge is 0.0538 e. The molecule has 24 heavy (non-hydrogen) atoms. The van der Waals surface area contributed by atoms with Gasteiger partial charge < -0.3 is 5.11 Å². The van der Waals surface area contributed by atoms with Crippen molar-refractivity contribution < 1.29 is 5.11 Å². The molecule has 1 heteroatoms. The predicted octanol–water partition coefficient (Wildman–Crippen LogP) is 6.75. The summed E-state index contributed by atoms with van der Waals surface area (Å²) in [6.07, 6.45) is 17.4. The molecule has 2 rings (SSSR count). The lowest BCUT2D eigenvalue weighted by Crippen LogP contribution is -2.36. The predicted molar refractivity (Wildman–Crippen MR) is 105 cm³/mol. The van der Waals surface area contributed by atoms with Gasteiger partial charge in [-0.15, -0.1) is 0 Å². The van der Waals surface area contributed by atoms with E-state index in [0.717, 1.165) is 37.0 Å². The van der Waals surface area contributed by atoms with E-state index in [0.29, 0.717) is 10.8 Å². The molecule has 0 aliphatic heterocycles. The first-order valence-electron chi connectivity index (χ1n) is 10.7. The number of hydrogen-bond donors (Lipinski definition) is 1. The van der Waals surface area contributed by atoms with Crippen LogP contribution in [0.5, 0.6) is 0 Å². The molecule has 2 aliphatic rings. The maximum Gasteiger partial charge on any atom is 0.0538 e. The van der Waals surface area contributed by atoms with E-state index < -0.39 is 0 Å². The minimum atomic E-state index is -0.114. The Balaban J connectivity index is 2.07. The van der Waals surface area contributed by atoms with Gasteiger partial charge in [0.1, 0.15) is 0 Å². The zero-order valence-corrected chi connectivity index (χ0v) is 17.0. The second-order valence-corrected chi connectivity index (χ2v) is 9.40. The minimum absolute atomic E-state index is 0.114. The van der Waals surface area contributed by atoms with E-state index in [2.05, 4.69) is 46.8 Å². The Bertz CT molecular complexity index is 414. The molecule has 0 radical (unpaired) electrons. The van der Waals surface area contributed by atoms with Crippen LogP contribution in [0.2, 0.25) is 0 Å². The largest absolute Gasteiger partial charge is 0.393 e. The average molecular weight is 335 g/mol. The molecule has 1 fully saturated rings. The molecule has 0 saturated heterocycles. The van der Waals surface area contributed by atoms with Crippen molar-refractivity contribution >= 4 is 0 Å². The van der Waals surface area contributed by atoms with Crippen molar-refractivity contribution in [2.45, 2.75) is 105 Å². The summed E-state index contributed by atoms with van der Waals surface area (Å²) in [7, 11) is 0. The maximum atomic E-state index is 9.98. The van der Waals surface area contributed by atoms with Crippen LogP contribution < -0.4 is 0 Å². The van der Waals surface area contributed by atoms with Crippen molar-refractivity contribution in [1.82, 2.24) is 0 Å². The SMILES string of the molecule is CCCC1(C)C(CC)CCC1C1CC=CC(C)(CCC(O)CC)C1. The first-order chi connectivity index (χ1) is 11.4. The molecule has 0 bridgehead atoms. The van der Waals surface area contributed by atoms with Gasteiger partial charge in [-0.25, -0.2) is 0 Å². The quantitative estimate of drug-likeness (QED) is 0.487. The molecule has 0 spiro atoms. The van der Waals surface area contributed by atoms with E-state index in [1.165, 1.54) is 44.9 Å². The molecule has 1 nitrogen and oxygen atoms in total. The molecule has 6 unspecified atom stereocenters. The lowest BCUT2D eigenvalue weighted by Gasteiger charge is -2.45. The summed E-state index contributed by atoms with van der Waals surface area (Å²) in [5, 5.41) is 9.98. The topological polar surface area (TPSA) is 20.2 Å². The first-order valence-corrected chi connectivity index (χ1v) is 10.7. The van der Waals surface area contributed by atoms with E-state index >= 15 is 0 Å². The van der Waals surface area contributed by atoms with Gasteiger partial charge in [0.05, 0.1) is 6.10 Å². The van der Waals surface area contributed by atoms with Crippen LogP contribution in [0.15, 0.2) is 12.2 Å². The van der Waals surface area contributed by atoms with E-state index in [1.54, 1.807) is 0 Å². The number of rotatable bonds is 8. The van der Waals surface area contributed by atoms with Crippen molar-refractivity contribution in [3.8, 4) is 0 Å². The highest BCUT2D eigenvalue weighted by atomic mass is 16.3. The monoisotopic (exact) mass is 334 g/mol. The lowest BCUT2D eigenvalue weighted by atomic mass is 9.60. The zero-order valence-electron chi connectivity index (χ0n) is 17.0. The average Bonchev–Trinajstić information content (AvgIpc) is 2.89. The Morgan fingerprint density at radius 3 is 2.50 bits per heavy atom. The summed E-state index contributed by atoms with van der Waals surface area (Å²) < 4.78 is 0. The van der Waals surface area contributed by atoms with E-state index in [-0.39, 0.29) is 6.10 Å². The van der Waals surface area contributed by atoms with Crippen molar-refractivity contribution in [3.05, 3.63) is 12.2 Å². The summed E-state index contributed by atoms with van der Waals surface area (Å²) >= 11 is 0. The van der Waals surface area contributed by atoms with Gasteiger partial charge in [-0.1, -0.05) is 59.6 Å². The van der Waals surface area contributed by atoms with Gasteiger partial charge in [0, 0.05) is 0 Å². The number of aliphatic hydroxyl groups is 1. The zero-order chi connectivity index (χ0) is 17.8. The van der Waals surface area contributed by atoms with Gasteiger partial charge in [0.15, 0.2) is 0 Å². The fourth-order valence-electron chi connectivity index (χ4n) is 6.19. The molecule has 0 aromatic heterocycles.